The van der Waals surface area contributed by atoms with Crippen molar-refractivity contribution in [2.24, 2.45) is 5.92 Å². The molecule has 0 unspecified atom stereocenters. The summed E-state index contributed by atoms with van der Waals surface area (Å²) in [5.74, 6) is 0.445. The van der Waals surface area contributed by atoms with Crippen molar-refractivity contribution < 1.29 is 9.53 Å². The number of ether oxygens (including phenoxy) is 1. The van der Waals surface area contributed by atoms with E-state index in [1.165, 1.54) is 11.1 Å². The number of aromatic nitrogens is 2. The lowest BCUT2D eigenvalue weighted by molar-refractivity contribution is -0.00337. The van der Waals surface area contributed by atoms with Crippen LogP contribution in [0.5, 0.6) is 0 Å². The van der Waals surface area contributed by atoms with Crippen LogP contribution in [0.25, 0.3) is 0 Å². The molecule has 126 valence electrons. The average molecular weight is 325 g/mol. The van der Waals surface area contributed by atoms with Crippen LogP contribution in [-0.2, 0) is 11.2 Å². The van der Waals surface area contributed by atoms with Crippen LogP contribution in [0.2, 0.25) is 0 Å². The summed E-state index contributed by atoms with van der Waals surface area (Å²) in [6.45, 7) is 3.45. The largest absolute Gasteiger partial charge is 0.381 e. The number of nitrogens with zero attached hydrogens (tertiary/aromatic N) is 3. The van der Waals surface area contributed by atoms with Gasteiger partial charge in [-0.1, -0.05) is 29.8 Å². The van der Waals surface area contributed by atoms with Gasteiger partial charge in [0.05, 0.1) is 6.10 Å². The molecular weight excluding hydrogens is 302 g/mol. The predicted molar refractivity (Wildman–Crippen MR) is 91.7 cm³/mol. The Morgan fingerprint density at radius 3 is 2.79 bits per heavy atom. The molecule has 2 aromatic rings. The van der Waals surface area contributed by atoms with Gasteiger partial charge in [0.1, 0.15) is 0 Å². The number of hydrogen-bond donors (Lipinski definition) is 0. The molecule has 24 heavy (non-hydrogen) atoms. The molecule has 2 heterocycles. The molecule has 1 aliphatic rings. The molecular formula is C19H23N3O2. The van der Waals surface area contributed by atoms with Gasteiger partial charge in [-0.2, -0.15) is 0 Å². The summed E-state index contributed by atoms with van der Waals surface area (Å²) in [5.41, 5.74) is 2.54. The van der Waals surface area contributed by atoms with E-state index >= 15 is 0 Å². The lowest BCUT2D eigenvalue weighted by Gasteiger charge is -2.37. The molecule has 3 rings (SSSR count). The molecule has 0 aliphatic carbocycles. The number of piperidine rings is 1. The normalized spacial score (nSPS) is 20.8. The first kappa shape index (κ1) is 16.6. The van der Waals surface area contributed by atoms with Gasteiger partial charge in [-0.3, -0.25) is 4.79 Å². The highest BCUT2D eigenvalue weighted by Gasteiger charge is 2.32. The van der Waals surface area contributed by atoms with Gasteiger partial charge in [-0.25, -0.2) is 9.97 Å². The maximum Gasteiger partial charge on any atom is 0.291 e. The van der Waals surface area contributed by atoms with Crippen LogP contribution in [-0.4, -0.2) is 47.1 Å². The molecule has 0 spiro atoms. The molecule has 2 atom stereocenters. The van der Waals surface area contributed by atoms with Crippen LogP contribution in [0, 0.1) is 12.8 Å². The molecule has 1 fully saturated rings. The molecule has 5 nitrogen and oxygen atoms in total. The zero-order chi connectivity index (χ0) is 16.9. The Bertz CT molecular complexity index is 690. The summed E-state index contributed by atoms with van der Waals surface area (Å²) in [7, 11) is 1.76. The lowest BCUT2D eigenvalue weighted by atomic mass is 9.88. The molecule has 1 saturated heterocycles. The number of methoxy groups -OCH3 is 1. The van der Waals surface area contributed by atoms with Crippen LogP contribution in [0.4, 0.5) is 0 Å². The second kappa shape index (κ2) is 7.53. The molecule has 0 saturated carbocycles. The highest BCUT2D eigenvalue weighted by Crippen LogP contribution is 2.24. The van der Waals surface area contributed by atoms with Crippen molar-refractivity contribution in [3.05, 3.63) is 59.7 Å². The van der Waals surface area contributed by atoms with Gasteiger partial charge < -0.3 is 9.64 Å². The number of hydrogen-bond acceptors (Lipinski definition) is 4. The third-order valence-corrected chi connectivity index (χ3v) is 4.59. The van der Waals surface area contributed by atoms with E-state index in [2.05, 4.69) is 41.2 Å². The summed E-state index contributed by atoms with van der Waals surface area (Å²) >= 11 is 0. The number of aryl methyl sites for hydroxylation is 1. The summed E-state index contributed by atoms with van der Waals surface area (Å²) < 4.78 is 5.67. The van der Waals surface area contributed by atoms with Crippen molar-refractivity contribution in [3.8, 4) is 0 Å². The van der Waals surface area contributed by atoms with Gasteiger partial charge in [0.25, 0.3) is 5.91 Å². The minimum atomic E-state index is -0.0978. The van der Waals surface area contributed by atoms with E-state index in [9.17, 15) is 4.79 Å². The second-order valence-electron chi connectivity index (χ2n) is 6.34. The topological polar surface area (TPSA) is 55.3 Å². The van der Waals surface area contributed by atoms with Gasteiger partial charge in [-0.05, 0) is 31.4 Å². The third-order valence-electron chi connectivity index (χ3n) is 4.59. The van der Waals surface area contributed by atoms with E-state index in [0.717, 1.165) is 12.8 Å². The molecule has 1 aromatic heterocycles. The molecule has 0 N–H and O–H groups in total. The van der Waals surface area contributed by atoms with Crippen molar-refractivity contribution >= 4 is 5.91 Å². The van der Waals surface area contributed by atoms with E-state index < -0.39 is 0 Å². The van der Waals surface area contributed by atoms with Crippen LogP contribution < -0.4 is 0 Å². The molecule has 1 aromatic carbocycles. The van der Waals surface area contributed by atoms with E-state index in [4.69, 9.17) is 4.74 Å². The monoisotopic (exact) mass is 325 g/mol. The molecule has 5 heteroatoms. The highest BCUT2D eigenvalue weighted by atomic mass is 16.5. The Hall–Kier alpha value is -2.27. The van der Waals surface area contributed by atoms with Crippen molar-refractivity contribution in [2.75, 3.05) is 20.2 Å². The molecule has 0 bridgehead atoms. The molecule has 1 aliphatic heterocycles. The maximum atomic E-state index is 12.6. The van der Waals surface area contributed by atoms with Gasteiger partial charge in [-0.15, -0.1) is 0 Å². The van der Waals surface area contributed by atoms with Gasteiger partial charge in [0, 0.05) is 38.5 Å². The van der Waals surface area contributed by atoms with Crippen LogP contribution >= 0.6 is 0 Å². The lowest BCUT2D eigenvalue weighted by Crippen LogP contribution is -2.47. The average Bonchev–Trinajstić information content (AvgIpc) is 2.62. The second-order valence-corrected chi connectivity index (χ2v) is 6.34. The Balaban J connectivity index is 1.73. The number of benzene rings is 1. The molecule has 1 amide bonds. The van der Waals surface area contributed by atoms with Crippen molar-refractivity contribution in [1.82, 2.24) is 14.9 Å². The zero-order valence-electron chi connectivity index (χ0n) is 14.2. The predicted octanol–water partition coefficient (Wildman–Crippen LogP) is 2.50. The molecule has 0 radical (unpaired) electrons. The minimum Gasteiger partial charge on any atom is -0.381 e. The van der Waals surface area contributed by atoms with Crippen molar-refractivity contribution in [1.29, 1.82) is 0 Å². The first-order chi connectivity index (χ1) is 11.7. The SMILES string of the molecule is CO[C@@H]1CCN(C(=O)c2ncccn2)C[C@H]1Cc1cccc(C)c1. The summed E-state index contributed by atoms with van der Waals surface area (Å²) in [6.07, 6.45) is 5.12. The van der Waals surface area contributed by atoms with Crippen LogP contribution in [0.3, 0.4) is 0 Å². The highest BCUT2D eigenvalue weighted by molar-refractivity contribution is 5.90. The van der Waals surface area contributed by atoms with Crippen LogP contribution in [0.1, 0.15) is 28.2 Å². The number of likely N-dealkylation sites (tertiary alicyclic amines) is 1. The Morgan fingerprint density at radius 1 is 1.29 bits per heavy atom. The van der Waals surface area contributed by atoms with Gasteiger partial charge in [0.2, 0.25) is 5.82 Å². The standard InChI is InChI=1S/C19H23N3O2/c1-14-5-3-6-15(11-14)12-16-13-22(10-7-17(16)24-2)19(23)18-20-8-4-9-21-18/h3-6,8-9,11,16-17H,7,10,12-13H2,1-2H3/t16-,17-/m1/s1. The summed E-state index contributed by atoms with van der Waals surface area (Å²) in [5, 5.41) is 0. The van der Waals surface area contributed by atoms with Crippen molar-refractivity contribution in [2.45, 2.75) is 25.9 Å². The van der Waals surface area contributed by atoms with E-state index in [1.807, 2.05) is 4.90 Å². The Kier molecular flexibility index (Phi) is 5.20. The fourth-order valence-corrected chi connectivity index (χ4v) is 3.39. The van der Waals surface area contributed by atoms with E-state index in [0.29, 0.717) is 13.1 Å². The maximum absolute atomic E-state index is 12.6. The first-order valence-electron chi connectivity index (χ1n) is 8.32. The fraction of sp³-hybridized carbons (Fsp3) is 0.421. The smallest absolute Gasteiger partial charge is 0.291 e. The first-order valence-corrected chi connectivity index (χ1v) is 8.32. The van der Waals surface area contributed by atoms with E-state index in [-0.39, 0.29) is 23.8 Å². The van der Waals surface area contributed by atoms with Crippen LogP contribution in [0.15, 0.2) is 42.7 Å². The zero-order valence-corrected chi connectivity index (χ0v) is 14.2. The third kappa shape index (κ3) is 3.79. The van der Waals surface area contributed by atoms with Crippen molar-refractivity contribution in [3.63, 3.8) is 0 Å². The quantitative estimate of drug-likeness (QED) is 0.867. The number of rotatable bonds is 4. The number of carbonyl (C=O) groups excluding carboxylic acids is 1. The Labute approximate surface area is 142 Å². The number of carbonyl (C=O) groups is 1. The Morgan fingerprint density at radius 2 is 2.08 bits per heavy atom. The van der Waals surface area contributed by atoms with Gasteiger partial charge in [0.15, 0.2) is 0 Å². The summed E-state index contributed by atoms with van der Waals surface area (Å²) in [6, 6.07) is 10.2. The van der Waals surface area contributed by atoms with Gasteiger partial charge >= 0.3 is 0 Å². The fourth-order valence-electron chi connectivity index (χ4n) is 3.39. The van der Waals surface area contributed by atoms with E-state index in [1.54, 1.807) is 25.6 Å². The number of amides is 1. The summed E-state index contributed by atoms with van der Waals surface area (Å²) in [4.78, 5) is 22.6. The minimum absolute atomic E-state index is 0.0978.